The molecule has 1 fully saturated rings. The van der Waals surface area contributed by atoms with Crippen molar-refractivity contribution in [3.63, 3.8) is 0 Å². The molecule has 1 unspecified atom stereocenters. The first-order valence-corrected chi connectivity index (χ1v) is 5.51. The van der Waals surface area contributed by atoms with Gasteiger partial charge < -0.3 is 14.7 Å². The second kappa shape index (κ2) is 5.19. The van der Waals surface area contributed by atoms with Crippen LogP contribution in [0.5, 0.6) is 0 Å². The fourth-order valence-corrected chi connectivity index (χ4v) is 1.95. The van der Waals surface area contributed by atoms with Crippen molar-refractivity contribution in [2.45, 2.75) is 6.04 Å². The van der Waals surface area contributed by atoms with Crippen LogP contribution in [0, 0.1) is 15.9 Å². The summed E-state index contributed by atoms with van der Waals surface area (Å²) in [5, 5.41) is 19.8. The Kier molecular flexibility index (Phi) is 3.61. The van der Waals surface area contributed by atoms with Gasteiger partial charge in [-0.05, 0) is 6.07 Å². The number of halogens is 1. The summed E-state index contributed by atoms with van der Waals surface area (Å²) in [5.74, 6) is -1.90. The van der Waals surface area contributed by atoms with E-state index in [-0.39, 0.29) is 25.4 Å². The zero-order chi connectivity index (χ0) is 14.0. The van der Waals surface area contributed by atoms with Crippen molar-refractivity contribution in [1.29, 1.82) is 0 Å². The van der Waals surface area contributed by atoms with E-state index in [1.807, 2.05) is 0 Å². The molecule has 1 saturated heterocycles. The number of nitrogens with zero attached hydrogens (tertiary/aromatic N) is 2. The van der Waals surface area contributed by atoms with E-state index in [2.05, 4.69) is 0 Å². The number of hydrogen-bond acceptors (Lipinski definition) is 5. The molecule has 0 saturated carbocycles. The zero-order valence-corrected chi connectivity index (χ0v) is 9.78. The Hall–Kier alpha value is -2.22. The monoisotopic (exact) mass is 270 g/mol. The van der Waals surface area contributed by atoms with E-state index < -0.39 is 28.4 Å². The molecule has 0 spiro atoms. The van der Waals surface area contributed by atoms with E-state index in [0.717, 1.165) is 18.2 Å². The molecule has 1 aromatic rings. The van der Waals surface area contributed by atoms with Crippen molar-refractivity contribution in [3.05, 3.63) is 34.1 Å². The van der Waals surface area contributed by atoms with Gasteiger partial charge in [-0.15, -0.1) is 0 Å². The number of rotatable bonds is 3. The van der Waals surface area contributed by atoms with Crippen LogP contribution in [0.15, 0.2) is 18.2 Å². The van der Waals surface area contributed by atoms with Gasteiger partial charge in [0.1, 0.15) is 5.82 Å². The van der Waals surface area contributed by atoms with Crippen molar-refractivity contribution in [2.75, 3.05) is 24.7 Å². The van der Waals surface area contributed by atoms with Crippen molar-refractivity contribution in [1.82, 2.24) is 0 Å². The summed E-state index contributed by atoms with van der Waals surface area (Å²) < 4.78 is 18.4. The van der Waals surface area contributed by atoms with E-state index in [4.69, 9.17) is 9.84 Å². The average Bonchev–Trinajstić information content (AvgIpc) is 2.37. The Morgan fingerprint density at radius 3 is 2.89 bits per heavy atom. The highest BCUT2D eigenvalue weighted by atomic mass is 19.1. The third kappa shape index (κ3) is 2.79. The van der Waals surface area contributed by atoms with Crippen LogP contribution in [0.2, 0.25) is 0 Å². The molecule has 0 radical (unpaired) electrons. The first-order valence-electron chi connectivity index (χ1n) is 5.51. The van der Waals surface area contributed by atoms with Crippen LogP contribution in [0.25, 0.3) is 0 Å². The molecule has 8 heteroatoms. The molecular weight excluding hydrogens is 259 g/mol. The zero-order valence-electron chi connectivity index (χ0n) is 9.78. The number of anilines is 1. The standard InChI is InChI=1S/C11H11FN2O5/c12-7-3-8(5-9(4-7)14(17)18)13-1-2-19-6-10(13)11(15)16/h3-5,10H,1-2,6H2,(H,15,16). The highest BCUT2D eigenvalue weighted by Gasteiger charge is 2.30. The lowest BCUT2D eigenvalue weighted by Gasteiger charge is -2.34. The van der Waals surface area contributed by atoms with E-state index in [0.29, 0.717) is 0 Å². The molecule has 1 aliphatic rings. The predicted octanol–water partition coefficient (Wildman–Crippen LogP) is 1.02. The number of nitro benzene ring substituents is 1. The van der Waals surface area contributed by atoms with Gasteiger partial charge in [0.2, 0.25) is 0 Å². The van der Waals surface area contributed by atoms with Gasteiger partial charge in [-0.25, -0.2) is 9.18 Å². The minimum Gasteiger partial charge on any atom is -0.480 e. The summed E-state index contributed by atoms with van der Waals surface area (Å²) in [6.45, 7) is 0.477. The topological polar surface area (TPSA) is 92.9 Å². The molecule has 1 aliphatic heterocycles. The molecular formula is C11H11FN2O5. The Labute approximate surface area is 107 Å². The summed E-state index contributed by atoms with van der Waals surface area (Å²) in [7, 11) is 0. The Balaban J connectivity index is 2.38. The van der Waals surface area contributed by atoms with Gasteiger partial charge in [-0.1, -0.05) is 0 Å². The van der Waals surface area contributed by atoms with Crippen LogP contribution < -0.4 is 4.90 Å². The molecule has 0 aromatic heterocycles. The Morgan fingerprint density at radius 2 is 2.26 bits per heavy atom. The summed E-state index contributed by atoms with van der Waals surface area (Å²) in [6, 6.07) is 2.05. The van der Waals surface area contributed by atoms with E-state index in [1.54, 1.807) is 0 Å². The van der Waals surface area contributed by atoms with Crippen LogP contribution in [0.1, 0.15) is 0 Å². The predicted molar refractivity (Wildman–Crippen MR) is 62.6 cm³/mol. The molecule has 1 heterocycles. The smallest absolute Gasteiger partial charge is 0.328 e. The maximum atomic E-state index is 13.4. The lowest BCUT2D eigenvalue weighted by molar-refractivity contribution is -0.385. The minimum absolute atomic E-state index is 0.0420. The van der Waals surface area contributed by atoms with Gasteiger partial charge in [-0.2, -0.15) is 0 Å². The number of carboxylic acid groups (broad SMARTS) is 1. The third-order valence-electron chi connectivity index (χ3n) is 2.82. The number of non-ortho nitro benzene ring substituents is 1. The van der Waals surface area contributed by atoms with Crippen molar-refractivity contribution in [2.24, 2.45) is 0 Å². The maximum absolute atomic E-state index is 13.4. The quantitative estimate of drug-likeness (QED) is 0.651. The fourth-order valence-electron chi connectivity index (χ4n) is 1.95. The van der Waals surface area contributed by atoms with Crippen molar-refractivity contribution >= 4 is 17.3 Å². The molecule has 0 aliphatic carbocycles. The van der Waals surface area contributed by atoms with E-state index >= 15 is 0 Å². The first kappa shape index (κ1) is 13.2. The number of hydrogen-bond donors (Lipinski definition) is 1. The molecule has 2 rings (SSSR count). The Bertz CT molecular complexity index is 522. The molecule has 7 nitrogen and oxygen atoms in total. The lowest BCUT2D eigenvalue weighted by atomic mass is 10.1. The Morgan fingerprint density at radius 1 is 1.53 bits per heavy atom. The van der Waals surface area contributed by atoms with Gasteiger partial charge in [0.15, 0.2) is 6.04 Å². The summed E-state index contributed by atoms with van der Waals surface area (Å²) in [4.78, 5) is 22.4. The highest BCUT2D eigenvalue weighted by molar-refractivity contribution is 5.79. The van der Waals surface area contributed by atoms with Crippen LogP contribution in [0.3, 0.4) is 0 Å². The molecule has 1 aromatic carbocycles. The van der Waals surface area contributed by atoms with Crippen LogP contribution in [0.4, 0.5) is 15.8 Å². The maximum Gasteiger partial charge on any atom is 0.328 e. The van der Waals surface area contributed by atoms with Gasteiger partial charge in [-0.3, -0.25) is 10.1 Å². The first-order chi connectivity index (χ1) is 8.99. The minimum atomic E-state index is -1.12. The van der Waals surface area contributed by atoms with Crippen LogP contribution in [-0.2, 0) is 9.53 Å². The third-order valence-corrected chi connectivity index (χ3v) is 2.82. The number of morpholine rings is 1. The number of aliphatic carboxylic acids is 1. The van der Waals surface area contributed by atoms with Crippen molar-refractivity contribution < 1.29 is 24.0 Å². The fraction of sp³-hybridized carbons (Fsp3) is 0.364. The number of nitro groups is 1. The molecule has 19 heavy (non-hydrogen) atoms. The number of carbonyl (C=O) groups is 1. The molecule has 0 bridgehead atoms. The normalized spacial score (nSPS) is 19.2. The second-order valence-electron chi connectivity index (χ2n) is 4.05. The summed E-state index contributed by atoms with van der Waals surface area (Å²) in [5.41, 5.74) is -0.243. The van der Waals surface area contributed by atoms with Crippen LogP contribution >= 0.6 is 0 Å². The van der Waals surface area contributed by atoms with Crippen LogP contribution in [-0.4, -0.2) is 41.8 Å². The van der Waals surface area contributed by atoms with E-state index in [1.165, 1.54) is 4.90 Å². The molecule has 1 N–H and O–H groups in total. The highest BCUT2D eigenvalue weighted by Crippen LogP contribution is 2.26. The molecule has 1 atom stereocenters. The van der Waals surface area contributed by atoms with Gasteiger partial charge in [0.05, 0.1) is 24.2 Å². The number of ether oxygens (including phenoxy) is 1. The number of benzene rings is 1. The largest absolute Gasteiger partial charge is 0.480 e. The second-order valence-corrected chi connectivity index (χ2v) is 4.05. The molecule has 102 valence electrons. The SMILES string of the molecule is O=C(O)C1COCCN1c1cc(F)cc([N+](=O)[O-])c1. The molecule has 0 amide bonds. The summed E-state index contributed by atoms with van der Waals surface area (Å²) >= 11 is 0. The average molecular weight is 270 g/mol. The van der Waals surface area contributed by atoms with Gasteiger partial charge in [0.25, 0.3) is 5.69 Å². The number of carboxylic acids is 1. The van der Waals surface area contributed by atoms with Gasteiger partial charge >= 0.3 is 5.97 Å². The summed E-state index contributed by atoms with van der Waals surface area (Å²) in [6.07, 6.45) is 0. The van der Waals surface area contributed by atoms with Gasteiger partial charge in [0, 0.05) is 18.3 Å². The van der Waals surface area contributed by atoms with E-state index in [9.17, 15) is 19.3 Å². The van der Waals surface area contributed by atoms with Crippen molar-refractivity contribution in [3.8, 4) is 0 Å². The lowest BCUT2D eigenvalue weighted by Crippen LogP contribution is -2.50.